The number of carbonyl (C=O) groups excluding carboxylic acids is 1. The van der Waals surface area contributed by atoms with Crippen LogP contribution < -0.4 is 10.6 Å². The van der Waals surface area contributed by atoms with Gasteiger partial charge in [0.15, 0.2) is 0 Å². The molecule has 1 unspecified atom stereocenters. The molecule has 2 fully saturated rings. The normalized spacial score (nSPS) is 33.9. The van der Waals surface area contributed by atoms with Gasteiger partial charge in [-0.3, -0.25) is 9.48 Å². The van der Waals surface area contributed by atoms with E-state index in [0.717, 1.165) is 25.8 Å². The van der Waals surface area contributed by atoms with Crippen LogP contribution in [0, 0.1) is 11.3 Å². The summed E-state index contributed by atoms with van der Waals surface area (Å²) in [5.74, 6) is -0.583. The van der Waals surface area contributed by atoms with E-state index in [1.165, 1.54) is 11.3 Å². The van der Waals surface area contributed by atoms with Gasteiger partial charge in [-0.25, -0.2) is 4.79 Å². The molecular formula is C16H22N4O3. The molecule has 0 bridgehead atoms. The van der Waals surface area contributed by atoms with Crippen molar-refractivity contribution in [1.29, 1.82) is 0 Å². The van der Waals surface area contributed by atoms with Crippen molar-refractivity contribution < 1.29 is 14.7 Å². The molecule has 0 aromatic carbocycles. The quantitative estimate of drug-likeness (QED) is 0.769. The maximum Gasteiger partial charge on any atom is 0.315 e. The first-order valence-electron chi connectivity index (χ1n) is 8.37. The van der Waals surface area contributed by atoms with Gasteiger partial charge in [-0.1, -0.05) is 0 Å². The Balaban J connectivity index is 1.28. The number of urea groups is 1. The summed E-state index contributed by atoms with van der Waals surface area (Å²) < 4.78 is 2.03. The van der Waals surface area contributed by atoms with Crippen LogP contribution in [0.15, 0.2) is 6.20 Å². The van der Waals surface area contributed by atoms with Gasteiger partial charge < -0.3 is 15.7 Å². The average Bonchev–Trinajstić information content (AvgIpc) is 2.93. The number of carboxylic acid groups (broad SMARTS) is 1. The van der Waals surface area contributed by atoms with Gasteiger partial charge in [-0.15, -0.1) is 0 Å². The molecule has 23 heavy (non-hydrogen) atoms. The van der Waals surface area contributed by atoms with Crippen LogP contribution in [0.25, 0.3) is 0 Å². The van der Waals surface area contributed by atoms with Gasteiger partial charge in [0.25, 0.3) is 0 Å². The standard InChI is InChI=1S/C16H22N4O3/c1-2-20-13-4-3-10(5-9(13)8-17-20)18-15(23)19-12-7-16(14(21)22)6-11(12)16/h8,10-12H,2-7H2,1H3,(H,21,22)(H2,18,19,23)/t10?,11-,12-,16-/m1/s1. The Kier molecular flexibility index (Phi) is 3.14. The summed E-state index contributed by atoms with van der Waals surface area (Å²) >= 11 is 0. The lowest BCUT2D eigenvalue weighted by atomic mass is 9.80. The Morgan fingerprint density at radius 1 is 1.43 bits per heavy atom. The molecule has 0 spiro atoms. The maximum atomic E-state index is 12.1. The lowest BCUT2D eigenvalue weighted by Crippen LogP contribution is -2.53. The molecule has 3 aliphatic rings. The number of aryl methyl sites for hydroxylation is 1. The minimum atomic E-state index is -0.714. The number of amides is 2. The van der Waals surface area contributed by atoms with Gasteiger partial charge in [0.2, 0.25) is 0 Å². The molecule has 1 aromatic heterocycles. The largest absolute Gasteiger partial charge is 0.481 e. The third kappa shape index (κ3) is 2.21. The van der Waals surface area contributed by atoms with Gasteiger partial charge in [0, 0.05) is 24.3 Å². The van der Waals surface area contributed by atoms with Gasteiger partial charge >= 0.3 is 12.0 Å². The first-order valence-corrected chi connectivity index (χ1v) is 8.37. The Bertz CT molecular complexity index is 670. The first-order chi connectivity index (χ1) is 11.0. The zero-order chi connectivity index (χ0) is 16.2. The molecule has 2 amide bonds. The van der Waals surface area contributed by atoms with Crippen LogP contribution in [0.2, 0.25) is 0 Å². The highest BCUT2D eigenvalue weighted by Crippen LogP contribution is 2.67. The molecule has 1 heterocycles. The average molecular weight is 318 g/mol. The number of nitrogens with one attached hydrogen (secondary N) is 2. The zero-order valence-electron chi connectivity index (χ0n) is 13.2. The van der Waals surface area contributed by atoms with Crippen LogP contribution in [-0.4, -0.2) is 39.0 Å². The number of aromatic nitrogens is 2. The van der Waals surface area contributed by atoms with Crippen LogP contribution in [0.3, 0.4) is 0 Å². The van der Waals surface area contributed by atoms with E-state index >= 15 is 0 Å². The third-order valence-corrected chi connectivity index (χ3v) is 5.81. The fourth-order valence-electron chi connectivity index (χ4n) is 4.33. The lowest BCUT2D eigenvalue weighted by molar-refractivity contribution is -0.147. The van der Waals surface area contributed by atoms with E-state index in [1.807, 2.05) is 10.9 Å². The fourth-order valence-corrected chi connectivity index (χ4v) is 4.33. The minimum absolute atomic E-state index is 0.0214. The van der Waals surface area contributed by atoms with Crippen molar-refractivity contribution in [2.45, 2.75) is 57.7 Å². The van der Waals surface area contributed by atoms with Crippen molar-refractivity contribution in [2.75, 3.05) is 0 Å². The second-order valence-corrected chi connectivity index (χ2v) is 7.07. The van der Waals surface area contributed by atoms with E-state index in [-0.39, 0.29) is 24.0 Å². The summed E-state index contributed by atoms with van der Waals surface area (Å²) in [6, 6.07) is -0.0224. The first kappa shape index (κ1) is 14.5. The molecule has 7 heteroatoms. The summed E-state index contributed by atoms with van der Waals surface area (Å²) in [7, 11) is 0. The van der Waals surface area contributed by atoms with E-state index in [2.05, 4.69) is 22.7 Å². The number of nitrogens with zero attached hydrogens (tertiary/aromatic N) is 2. The summed E-state index contributed by atoms with van der Waals surface area (Å²) in [6.45, 7) is 2.96. The SMILES string of the molecule is CCn1ncc2c1CCC(NC(=O)N[C@@H]1C[C@]3(C(=O)O)C[C@H]13)C2. The molecule has 3 N–H and O–H groups in total. The molecular weight excluding hydrogens is 296 g/mol. The smallest absolute Gasteiger partial charge is 0.315 e. The fraction of sp³-hybridized carbons (Fsp3) is 0.688. The molecule has 7 nitrogen and oxygen atoms in total. The number of rotatable bonds is 4. The van der Waals surface area contributed by atoms with Crippen molar-refractivity contribution in [3.63, 3.8) is 0 Å². The summed E-state index contributed by atoms with van der Waals surface area (Å²) in [5.41, 5.74) is 1.99. The van der Waals surface area contributed by atoms with Crippen LogP contribution in [0.5, 0.6) is 0 Å². The molecule has 1 aromatic rings. The van der Waals surface area contributed by atoms with E-state index < -0.39 is 11.4 Å². The third-order valence-electron chi connectivity index (χ3n) is 5.81. The minimum Gasteiger partial charge on any atom is -0.481 e. The van der Waals surface area contributed by atoms with Gasteiger partial charge in [-0.2, -0.15) is 5.10 Å². The van der Waals surface area contributed by atoms with Crippen LogP contribution in [0.1, 0.15) is 37.4 Å². The van der Waals surface area contributed by atoms with Gasteiger partial charge in [0.1, 0.15) is 0 Å². The summed E-state index contributed by atoms with van der Waals surface area (Å²) in [4.78, 5) is 23.2. The highest BCUT2D eigenvalue weighted by atomic mass is 16.4. The summed E-state index contributed by atoms with van der Waals surface area (Å²) in [5, 5.41) is 19.5. The predicted octanol–water partition coefficient (Wildman–Crippen LogP) is 0.923. The van der Waals surface area contributed by atoms with Gasteiger partial charge in [0.05, 0.1) is 11.6 Å². The maximum absolute atomic E-state index is 12.1. The number of hydrogen-bond acceptors (Lipinski definition) is 3. The lowest BCUT2D eigenvalue weighted by Gasteiger charge is -2.33. The van der Waals surface area contributed by atoms with Crippen molar-refractivity contribution in [3.05, 3.63) is 17.5 Å². The number of carboxylic acids is 1. The van der Waals surface area contributed by atoms with Crippen molar-refractivity contribution in [2.24, 2.45) is 11.3 Å². The van der Waals surface area contributed by atoms with Crippen molar-refractivity contribution in [3.8, 4) is 0 Å². The number of aliphatic carboxylic acids is 1. The number of fused-ring (bicyclic) bond motifs is 2. The molecule has 4 atom stereocenters. The van der Waals surface area contributed by atoms with Crippen LogP contribution >= 0.6 is 0 Å². The van der Waals surface area contributed by atoms with E-state index in [9.17, 15) is 9.59 Å². The number of hydrogen-bond donors (Lipinski definition) is 3. The molecule has 2 saturated carbocycles. The van der Waals surface area contributed by atoms with Crippen LogP contribution in [-0.2, 0) is 24.2 Å². The van der Waals surface area contributed by atoms with E-state index in [4.69, 9.17) is 5.11 Å². The number of carbonyl (C=O) groups is 2. The zero-order valence-corrected chi connectivity index (χ0v) is 13.2. The second-order valence-electron chi connectivity index (χ2n) is 7.07. The molecule has 0 radical (unpaired) electrons. The van der Waals surface area contributed by atoms with E-state index in [0.29, 0.717) is 12.8 Å². The molecule has 0 aliphatic heterocycles. The van der Waals surface area contributed by atoms with Crippen molar-refractivity contribution in [1.82, 2.24) is 20.4 Å². The Morgan fingerprint density at radius 3 is 2.91 bits per heavy atom. The Morgan fingerprint density at radius 2 is 2.26 bits per heavy atom. The molecule has 0 saturated heterocycles. The van der Waals surface area contributed by atoms with Crippen LogP contribution in [0.4, 0.5) is 4.79 Å². The molecule has 4 rings (SSSR count). The molecule has 124 valence electrons. The Labute approximate surface area is 134 Å². The monoisotopic (exact) mass is 318 g/mol. The predicted molar refractivity (Wildman–Crippen MR) is 82.0 cm³/mol. The van der Waals surface area contributed by atoms with E-state index in [1.54, 1.807) is 0 Å². The highest BCUT2D eigenvalue weighted by molar-refractivity contribution is 5.82. The van der Waals surface area contributed by atoms with Gasteiger partial charge in [-0.05, 0) is 50.5 Å². The van der Waals surface area contributed by atoms with Crippen molar-refractivity contribution >= 4 is 12.0 Å². The highest BCUT2D eigenvalue weighted by Gasteiger charge is 2.72. The summed E-state index contributed by atoms with van der Waals surface area (Å²) in [6.07, 6.45) is 5.84. The molecule has 3 aliphatic carbocycles. The Hall–Kier alpha value is -2.05. The topological polar surface area (TPSA) is 96.3 Å². The second kappa shape index (κ2) is 4.97.